The standard InChI is InChI=1S/C21H23NO5S2/c1-25-17-10-15(22-21(24)27-13-14-8-6-5-7-9-14)11-18(26-2)20(17)16(23)12-19(28-3)29-4/h5-12H,13H2,1-4H3,(H,22,24). The fourth-order valence-corrected chi connectivity index (χ4v) is 3.60. The molecule has 0 saturated heterocycles. The van der Waals surface area contributed by atoms with E-state index in [1.165, 1.54) is 43.8 Å². The minimum absolute atomic E-state index is 0.147. The summed E-state index contributed by atoms with van der Waals surface area (Å²) in [5, 5.41) is 2.63. The van der Waals surface area contributed by atoms with Gasteiger partial charge in [-0.15, -0.1) is 23.5 Å². The molecule has 6 nitrogen and oxygen atoms in total. The van der Waals surface area contributed by atoms with E-state index in [0.29, 0.717) is 22.7 Å². The van der Waals surface area contributed by atoms with E-state index >= 15 is 0 Å². The van der Waals surface area contributed by atoms with Crippen molar-refractivity contribution in [2.24, 2.45) is 0 Å². The van der Waals surface area contributed by atoms with E-state index in [1.54, 1.807) is 12.1 Å². The molecule has 0 aliphatic heterocycles. The number of rotatable bonds is 9. The lowest BCUT2D eigenvalue weighted by molar-refractivity contribution is 0.104. The predicted molar refractivity (Wildman–Crippen MR) is 119 cm³/mol. The zero-order chi connectivity index (χ0) is 21.2. The Labute approximate surface area is 179 Å². The van der Waals surface area contributed by atoms with Crippen LogP contribution >= 0.6 is 23.5 Å². The average molecular weight is 434 g/mol. The number of nitrogens with one attached hydrogen (secondary N) is 1. The van der Waals surface area contributed by atoms with Crippen LogP contribution in [0.2, 0.25) is 0 Å². The Balaban J connectivity index is 2.21. The van der Waals surface area contributed by atoms with Crippen LogP contribution in [0.1, 0.15) is 15.9 Å². The van der Waals surface area contributed by atoms with Crippen molar-refractivity contribution < 1.29 is 23.8 Å². The van der Waals surface area contributed by atoms with Crippen molar-refractivity contribution >= 4 is 41.1 Å². The maximum absolute atomic E-state index is 12.8. The molecule has 0 unspecified atom stereocenters. The Morgan fingerprint density at radius 1 is 1.00 bits per heavy atom. The Bertz CT molecular complexity index is 853. The van der Waals surface area contributed by atoms with E-state index in [-0.39, 0.29) is 12.4 Å². The van der Waals surface area contributed by atoms with Crippen molar-refractivity contribution in [3.63, 3.8) is 0 Å². The molecule has 0 fully saturated rings. The number of thioether (sulfide) groups is 2. The highest BCUT2D eigenvalue weighted by Crippen LogP contribution is 2.35. The lowest BCUT2D eigenvalue weighted by Gasteiger charge is -2.14. The van der Waals surface area contributed by atoms with Crippen LogP contribution in [0.4, 0.5) is 10.5 Å². The highest BCUT2D eigenvalue weighted by molar-refractivity contribution is 8.21. The first-order chi connectivity index (χ1) is 14.0. The molecule has 0 spiro atoms. The number of ketones is 1. The van der Waals surface area contributed by atoms with Gasteiger partial charge in [0.2, 0.25) is 0 Å². The molecule has 154 valence electrons. The van der Waals surface area contributed by atoms with Crippen LogP contribution in [-0.2, 0) is 11.3 Å². The maximum atomic E-state index is 12.8. The van der Waals surface area contributed by atoms with Gasteiger partial charge in [-0.1, -0.05) is 30.3 Å². The highest BCUT2D eigenvalue weighted by Gasteiger charge is 2.20. The Morgan fingerprint density at radius 3 is 2.10 bits per heavy atom. The van der Waals surface area contributed by atoms with Gasteiger partial charge in [0.15, 0.2) is 5.78 Å². The average Bonchev–Trinajstić information content (AvgIpc) is 2.75. The van der Waals surface area contributed by atoms with E-state index < -0.39 is 6.09 Å². The number of methoxy groups -OCH3 is 2. The van der Waals surface area contributed by atoms with Crippen LogP contribution in [0, 0.1) is 0 Å². The van der Waals surface area contributed by atoms with Crippen molar-refractivity contribution in [3.05, 3.63) is 63.9 Å². The molecule has 1 N–H and O–H groups in total. The summed E-state index contributed by atoms with van der Waals surface area (Å²) in [5.74, 6) is 0.353. The third-order valence-corrected chi connectivity index (χ3v) is 5.90. The monoisotopic (exact) mass is 433 g/mol. The maximum Gasteiger partial charge on any atom is 0.411 e. The second-order valence-corrected chi connectivity index (χ2v) is 7.63. The fourth-order valence-electron chi connectivity index (χ4n) is 2.48. The van der Waals surface area contributed by atoms with Gasteiger partial charge in [-0.25, -0.2) is 4.79 Å². The third-order valence-electron chi connectivity index (χ3n) is 3.86. The van der Waals surface area contributed by atoms with Gasteiger partial charge in [-0.3, -0.25) is 10.1 Å². The summed E-state index contributed by atoms with van der Waals surface area (Å²) in [4.78, 5) is 24.9. The van der Waals surface area contributed by atoms with Crippen LogP contribution in [0.5, 0.6) is 11.5 Å². The smallest absolute Gasteiger partial charge is 0.411 e. The van der Waals surface area contributed by atoms with Crippen molar-refractivity contribution in [2.45, 2.75) is 6.61 Å². The largest absolute Gasteiger partial charge is 0.496 e. The van der Waals surface area contributed by atoms with Gasteiger partial charge in [0.05, 0.1) is 19.9 Å². The van der Waals surface area contributed by atoms with Gasteiger partial charge in [-0.05, 0) is 18.1 Å². The van der Waals surface area contributed by atoms with Crippen LogP contribution in [0.15, 0.2) is 52.8 Å². The molecular formula is C21H23NO5S2. The number of amides is 1. The van der Waals surface area contributed by atoms with Crippen molar-refractivity contribution in [2.75, 3.05) is 32.0 Å². The lowest BCUT2D eigenvalue weighted by atomic mass is 10.1. The highest BCUT2D eigenvalue weighted by atomic mass is 32.2. The van der Waals surface area contributed by atoms with Gasteiger partial charge in [-0.2, -0.15) is 0 Å². The molecule has 8 heteroatoms. The third kappa shape index (κ3) is 6.47. The molecule has 0 radical (unpaired) electrons. The predicted octanol–water partition coefficient (Wildman–Crippen LogP) is 5.20. The van der Waals surface area contributed by atoms with E-state index in [0.717, 1.165) is 9.80 Å². The molecule has 0 aliphatic rings. The van der Waals surface area contributed by atoms with Crippen LogP contribution in [0.3, 0.4) is 0 Å². The van der Waals surface area contributed by atoms with Crippen LogP contribution < -0.4 is 14.8 Å². The molecule has 29 heavy (non-hydrogen) atoms. The topological polar surface area (TPSA) is 73.9 Å². The number of anilines is 1. The number of carbonyl (C=O) groups excluding carboxylic acids is 2. The van der Waals surface area contributed by atoms with Gasteiger partial charge in [0, 0.05) is 22.4 Å². The fraction of sp³-hybridized carbons (Fsp3) is 0.238. The number of carbonyl (C=O) groups is 2. The summed E-state index contributed by atoms with van der Waals surface area (Å²) < 4.78 is 16.8. The van der Waals surface area contributed by atoms with Crippen molar-refractivity contribution in [1.29, 1.82) is 0 Å². The van der Waals surface area contributed by atoms with E-state index in [4.69, 9.17) is 14.2 Å². The molecule has 1 amide bonds. The van der Waals surface area contributed by atoms with E-state index in [9.17, 15) is 9.59 Å². The molecule has 0 heterocycles. The number of benzene rings is 2. The van der Waals surface area contributed by atoms with Crippen molar-refractivity contribution in [1.82, 2.24) is 0 Å². The molecule has 2 rings (SSSR count). The number of ether oxygens (including phenoxy) is 3. The van der Waals surface area contributed by atoms with Gasteiger partial charge in [0.25, 0.3) is 0 Å². The summed E-state index contributed by atoms with van der Waals surface area (Å²) in [6.45, 7) is 0.147. The first-order valence-electron chi connectivity index (χ1n) is 8.60. The minimum atomic E-state index is -0.621. The number of hydrogen-bond acceptors (Lipinski definition) is 7. The summed E-state index contributed by atoms with van der Waals surface area (Å²) >= 11 is 2.97. The lowest BCUT2D eigenvalue weighted by Crippen LogP contribution is -2.14. The summed E-state index contributed by atoms with van der Waals surface area (Å²) in [6, 6.07) is 12.5. The van der Waals surface area contributed by atoms with E-state index in [1.807, 2.05) is 42.8 Å². The first kappa shape index (κ1) is 22.7. The molecule has 0 aliphatic carbocycles. The van der Waals surface area contributed by atoms with Crippen molar-refractivity contribution in [3.8, 4) is 11.5 Å². The van der Waals surface area contributed by atoms with Gasteiger partial charge in [0.1, 0.15) is 23.7 Å². The molecule has 0 atom stereocenters. The zero-order valence-electron chi connectivity index (χ0n) is 16.7. The quantitative estimate of drug-likeness (QED) is 0.430. The molecule has 0 aromatic heterocycles. The summed E-state index contributed by atoms with van der Waals surface area (Å²) in [6.07, 6.45) is 4.72. The van der Waals surface area contributed by atoms with Gasteiger partial charge >= 0.3 is 6.09 Å². The second kappa shape index (κ2) is 11.4. The summed E-state index contributed by atoms with van der Waals surface area (Å²) in [5.41, 5.74) is 1.56. The van der Waals surface area contributed by atoms with Crippen LogP contribution in [-0.4, -0.2) is 38.6 Å². The summed E-state index contributed by atoms with van der Waals surface area (Å²) in [7, 11) is 2.91. The molecular weight excluding hydrogens is 410 g/mol. The molecule has 2 aromatic rings. The van der Waals surface area contributed by atoms with Gasteiger partial charge < -0.3 is 14.2 Å². The molecule has 0 bridgehead atoms. The number of allylic oxidation sites excluding steroid dienone is 1. The Kier molecular flexibility index (Phi) is 8.95. The zero-order valence-corrected chi connectivity index (χ0v) is 18.3. The molecule has 0 saturated carbocycles. The van der Waals surface area contributed by atoms with Crippen LogP contribution in [0.25, 0.3) is 0 Å². The second-order valence-electron chi connectivity index (χ2n) is 5.68. The minimum Gasteiger partial charge on any atom is -0.496 e. The number of hydrogen-bond donors (Lipinski definition) is 1. The Hall–Kier alpha value is -2.58. The normalized spacial score (nSPS) is 10.1. The van der Waals surface area contributed by atoms with E-state index in [2.05, 4.69) is 5.32 Å². The molecule has 2 aromatic carbocycles. The first-order valence-corrected chi connectivity index (χ1v) is 11.0. The SMILES string of the molecule is COc1cc(NC(=O)OCc2ccccc2)cc(OC)c1C(=O)C=C(SC)SC. The Morgan fingerprint density at radius 2 is 1.59 bits per heavy atom.